The number of carbonyl (C=O) groups excluding carboxylic acids is 2. The van der Waals surface area contributed by atoms with Crippen molar-refractivity contribution in [2.45, 2.75) is 64.7 Å². The molecule has 1 fully saturated rings. The molecule has 174 valence electrons. The third-order valence-electron chi connectivity index (χ3n) is 7.69. The summed E-state index contributed by atoms with van der Waals surface area (Å²) in [4.78, 5) is 29.2. The van der Waals surface area contributed by atoms with Crippen molar-refractivity contribution >= 4 is 11.8 Å². The molecule has 0 unspecified atom stereocenters. The van der Waals surface area contributed by atoms with Crippen LogP contribution in [0.1, 0.15) is 56.3 Å². The lowest BCUT2D eigenvalue weighted by molar-refractivity contribution is -0.134. The SMILES string of the molecule is C[C@@H]1[C@H](C)CCC[C@@H]1NC(=O)[C@]1(C)Cn2c(ccc2-c2ccco2)C(=O)N1Cc1ccco1. The summed E-state index contributed by atoms with van der Waals surface area (Å²) in [6.45, 7) is 6.88. The van der Waals surface area contributed by atoms with Crippen LogP contribution in [-0.2, 0) is 17.9 Å². The monoisotopic (exact) mass is 449 g/mol. The van der Waals surface area contributed by atoms with E-state index >= 15 is 0 Å². The van der Waals surface area contributed by atoms with Crippen LogP contribution < -0.4 is 5.32 Å². The maximum Gasteiger partial charge on any atom is 0.271 e. The molecular formula is C26H31N3O4. The Balaban J connectivity index is 1.51. The van der Waals surface area contributed by atoms with Crippen molar-refractivity contribution in [2.75, 3.05) is 0 Å². The maximum atomic E-state index is 13.9. The number of furan rings is 2. The van der Waals surface area contributed by atoms with Gasteiger partial charge in [0.2, 0.25) is 5.91 Å². The first-order valence-corrected chi connectivity index (χ1v) is 11.8. The standard InChI is InChI=1S/C26H31N3O4/c1-17-7-4-9-20(18(17)2)27-25(31)26(3)16-28-21(23-10-6-14-33-23)11-12-22(28)24(30)29(26)15-19-8-5-13-32-19/h5-6,8,10-14,17-18,20H,4,7,9,15-16H2,1-3H3,(H,27,31)/t17-,18-,20+,26+/m1/s1. The van der Waals surface area contributed by atoms with E-state index in [1.807, 2.05) is 35.8 Å². The van der Waals surface area contributed by atoms with Gasteiger partial charge in [-0.15, -0.1) is 0 Å². The molecule has 5 rings (SSSR count). The third-order valence-corrected chi connectivity index (χ3v) is 7.69. The molecule has 1 saturated carbocycles. The molecule has 0 radical (unpaired) electrons. The number of amides is 2. The molecule has 1 N–H and O–H groups in total. The van der Waals surface area contributed by atoms with E-state index in [0.717, 1.165) is 18.5 Å². The first-order valence-electron chi connectivity index (χ1n) is 11.8. The number of carbonyl (C=O) groups is 2. The fraction of sp³-hybridized carbons (Fsp3) is 0.462. The highest BCUT2D eigenvalue weighted by atomic mass is 16.3. The minimum absolute atomic E-state index is 0.106. The molecule has 0 saturated heterocycles. The normalized spacial score (nSPS) is 27.4. The van der Waals surface area contributed by atoms with Crippen LogP contribution in [0.25, 0.3) is 11.5 Å². The quantitative estimate of drug-likeness (QED) is 0.612. The summed E-state index contributed by atoms with van der Waals surface area (Å²) in [5.74, 6) is 1.95. The fourth-order valence-electron chi connectivity index (χ4n) is 5.33. The Morgan fingerprint density at radius 2 is 1.85 bits per heavy atom. The highest BCUT2D eigenvalue weighted by Crippen LogP contribution is 2.35. The molecule has 0 bridgehead atoms. The second-order valence-corrected chi connectivity index (χ2v) is 9.76. The largest absolute Gasteiger partial charge is 0.467 e. The molecule has 1 aliphatic carbocycles. The summed E-state index contributed by atoms with van der Waals surface area (Å²) >= 11 is 0. The minimum atomic E-state index is -1.09. The summed E-state index contributed by atoms with van der Waals surface area (Å²) in [6, 6.07) is 11.1. The number of nitrogens with zero attached hydrogens (tertiary/aromatic N) is 2. The smallest absolute Gasteiger partial charge is 0.271 e. The minimum Gasteiger partial charge on any atom is -0.467 e. The van der Waals surface area contributed by atoms with Gasteiger partial charge >= 0.3 is 0 Å². The third kappa shape index (κ3) is 3.69. The van der Waals surface area contributed by atoms with Crippen LogP contribution in [0.4, 0.5) is 0 Å². The molecule has 2 aliphatic rings. The summed E-state index contributed by atoms with van der Waals surface area (Å²) in [5.41, 5.74) is 0.245. The zero-order valence-corrected chi connectivity index (χ0v) is 19.4. The lowest BCUT2D eigenvalue weighted by atomic mass is 9.77. The average molecular weight is 450 g/mol. The van der Waals surface area contributed by atoms with Gasteiger partial charge in [-0.05, 0) is 61.6 Å². The van der Waals surface area contributed by atoms with Gasteiger partial charge in [0.1, 0.15) is 22.8 Å². The van der Waals surface area contributed by atoms with Crippen LogP contribution in [-0.4, -0.2) is 32.9 Å². The highest BCUT2D eigenvalue weighted by molar-refractivity contribution is 6.00. The number of nitrogens with one attached hydrogen (secondary N) is 1. The molecule has 7 nitrogen and oxygen atoms in total. The first-order chi connectivity index (χ1) is 15.9. The summed E-state index contributed by atoms with van der Waals surface area (Å²) < 4.78 is 13.1. The predicted molar refractivity (Wildman–Crippen MR) is 123 cm³/mol. The number of rotatable bonds is 5. The van der Waals surface area contributed by atoms with E-state index in [9.17, 15) is 9.59 Å². The summed E-state index contributed by atoms with van der Waals surface area (Å²) in [7, 11) is 0. The van der Waals surface area contributed by atoms with Crippen molar-refractivity contribution in [1.29, 1.82) is 0 Å². The average Bonchev–Trinajstić information content (AvgIpc) is 3.56. The van der Waals surface area contributed by atoms with Crippen LogP contribution in [0.5, 0.6) is 0 Å². The molecule has 1 aliphatic heterocycles. The van der Waals surface area contributed by atoms with Crippen LogP contribution >= 0.6 is 0 Å². The number of aromatic nitrogens is 1. The number of fused-ring (bicyclic) bond motifs is 1. The van der Waals surface area contributed by atoms with E-state index in [2.05, 4.69) is 19.2 Å². The molecule has 4 heterocycles. The number of hydrogen-bond acceptors (Lipinski definition) is 4. The molecule has 3 aromatic rings. The van der Waals surface area contributed by atoms with Gasteiger partial charge in [0, 0.05) is 6.04 Å². The highest BCUT2D eigenvalue weighted by Gasteiger charge is 2.49. The molecule has 7 heteroatoms. The lowest BCUT2D eigenvalue weighted by Crippen LogP contribution is -2.65. The van der Waals surface area contributed by atoms with Gasteiger partial charge in [0.05, 0.1) is 31.3 Å². The molecule has 4 atom stereocenters. The Morgan fingerprint density at radius 3 is 2.58 bits per heavy atom. The molecule has 2 amide bonds. The van der Waals surface area contributed by atoms with E-state index in [-0.39, 0.29) is 24.4 Å². The van der Waals surface area contributed by atoms with E-state index < -0.39 is 5.54 Å². The van der Waals surface area contributed by atoms with Crippen molar-refractivity contribution < 1.29 is 18.4 Å². The molecule has 0 spiro atoms. The summed E-state index contributed by atoms with van der Waals surface area (Å²) in [5, 5.41) is 3.32. The Labute approximate surface area is 193 Å². The molecule has 33 heavy (non-hydrogen) atoms. The predicted octanol–water partition coefficient (Wildman–Crippen LogP) is 4.70. The van der Waals surface area contributed by atoms with Crippen LogP contribution in [0.15, 0.2) is 57.8 Å². The topological polar surface area (TPSA) is 80.6 Å². The van der Waals surface area contributed by atoms with E-state index in [1.165, 1.54) is 6.42 Å². The van der Waals surface area contributed by atoms with Crippen molar-refractivity contribution in [3.05, 3.63) is 60.4 Å². The van der Waals surface area contributed by atoms with E-state index in [1.54, 1.807) is 29.6 Å². The zero-order valence-electron chi connectivity index (χ0n) is 19.4. The van der Waals surface area contributed by atoms with E-state index in [0.29, 0.717) is 35.6 Å². The Bertz CT molecular complexity index is 1130. The van der Waals surface area contributed by atoms with Crippen molar-refractivity contribution in [3.8, 4) is 11.5 Å². The fourth-order valence-corrected chi connectivity index (χ4v) is 5.33. The van der Waals surface area contributed by atoms with Gasteiger partial charge in [-0.3, -0.25) is 9.59 Å². The first kappa shape index (κ1) is 21.6. The Morgan fingerprint density at radius 1 is 1.09 bits per heavy atom. The maximum absolute atomic E-state index is 13.9. The van der Waals surface area contributed by atoms with Crippen LogP contribution in [0.3, 0.4) is 0 Å². The summed E-state index contributed by atoms with van der Waals surface area (Å²) in [6.07, 6.45) is 6.45. The van der Waals surface area contributed by atoms with Crippen molar-refractivity contribution in [2.24, 2.45) is 11.8 Å². The Hall–Kier alpha value is -3.22. The van der Waals surface area contributed by atoms with Crippen LogP contribution in [0.2, 0.25) is 0 Å². The second kappa shape index (κ2) is 8.28. The van der Waals surface area contributed by atoms with Crippen LogP contribution in [0, 0.1) is 11.8 Å². The van der Waals surface area contributed by atoms with Gasteiger partial charge in [-0.1, -0.05) is 26.7 Å². The number of hydrogen-bond donors (Lipinski definition) is 1. The van der Waals surface area contributed by atoms with Crippen molar-refractivity contribution in [3.63, 3.8) is 0 Å². The van der Waals surface area contributed by atoms with Crippen molar-refractivity contribution in [1.82, 2.24) is 14.8 Å². The molecular weight excluding hydrogens is 418 g/mol. The lowest BCUT2D eigenvalue weighted by Gasteiger charge is -2.45. The zero-order chi connectivity index (χ0) is 23.2. The van der Waals surface area contributed by atoms with Gasteiger partial charge in [0.25, 0.3) is 5.91 Å². The molecule has 3 aromatic heterocycles. The molecule has 0 aromatic carbocycles. The van der Waals surface area contributed by atoms with Gasteiger partial charge in [-0.2, -0.15) is 0 Å². The Kier molecular flexibility index (Phi) is 5.43. The van der Waals surface area contributed by atoms with Gasteiger partial charge in [0.15, 0.2) is 0 Å². The van der Waals surface area contributed by atoms with Gasteiger partial charge in [-0.25, -0.2) is 0 Å². The second-order valence-electron chi connectivity index (χ2n) is 9.76. The van der Waals surface area contributed by atoms with E-state index in [4.69, 9.17) is 8.83 Å². The van der Waals surface area contributed by atoms with Gasteiger partial charge < -0.3 is 23.6 Å².